The predicted octanol–water partition coefficient (Wildman–Crippen LogP) is 2.38. The van der Waals surface area contributed by atoms with E-state index in [9.17, 15) is 4.79 Å². The molecule has 0 aliphatic rings. The Hall–Kier alpha value is -1.88. The number of anilines is 1. The summed E-state index contributed by atoms with van der Waals surface area (Å²) in [6.07, 6.45) is 1.59. The summed E-state index contributed by atoms with van der Waals surface area (Å²) in [5.74, 6) is 0.323. The molecule has 18 heavy (non-hydrogen) atoms. The molecule has 2 rings (SSSR count). The average molecular weight is 306 g/mol. The molecule has 0 atom stereocenters. The molecule has 5 heteroatoms. The van der Waals surface area contributed by atoms with Crippen molar-refractivity contribution in [2.45, 2.75) is 6.92 Å². The fraction of sp³-hybridized carbons (Fsp3) is 0.0769. The van der Waals surface area contributed by atoms with Crippen molar-refractivity contribution in [3.05, 3.63) is 62.4 Å². The van der Waals surface area contributed by atoms with Gasteiger partial charge in [0.05, 0.1) is 6.21 Å². The maximum Gasteiger partial charge on any atom is 0.273 e. The number of pyridine rings is 1. The Labute approximate surface area is 113 Å². The Morgan fingerprint density at radius 2 is 2.06 bits per heavy atom. The largest absolute Gasteiger partial charge is 0.384 e. The lowest BCUT2D eigenvalue weighted by Crippen LogP contribution is -2.19. The summed E-state index contributed by atoms with van der Waals surface area (Å²) in [5, 5.41) is 4.10. The molecule has 2 N–H and O–H groups in total. The Bertz CT molecular complexity index is 662. The minimum absolute atomic E-state index is 0.240. The van der Waals surface area contributed by atoms with Gasteiger partial charge in [0.25, 0.3) is 5.56 Å². The second kappa shape index (κ2) is 5.18. The number of halogens is 1. The van der Waals surface area contributed by atoms with Crippen molar-refractivity contribution in [3.8, 4) is 0 Å². The van der Waals surface area contributed by atoms with Gasteiger partial charge in [-0.05, 0) is 24.6 Å². The standard InChI is InChI=1S/C13H12BrN3O/c1-9-6-12(15)17(13(18)7-9)16-8-10-4-2-3-5-11(10)14/h2-8H,15H2,1H3/b16-8-. The second-order valence-electron chi connectivity index (χ2n) is 3.87. The third-order valence-corrected chi connectivity index (χ3v) is 3.12. The maximum absolute atomic E-state index is 11.7. The van der Waals surface area contributed by atoms with Crippen molar-refractivity contribution < 1.29 is 0 Å². The van der Waals surface area contributed by atoms with E-state index in [1.54, 1.807) is 12.3 Å². The first-order chi connectivity index (χ1) is 8.58. The van der Waals surface area contributed by atoms with Gasteiger partial charge in [-0.2, -0.15) is 9.78 Å². The Balaban J connectivity index is 2.42. The first kappa shape index (κ1) is 12.6. The maximum atomic E-state index is 11.7. The van der Waals surface area contributed by atoms with Crippen LogP contribution in [0.3, 0.4) is 0 Å². The van der Waals surface area contributed by atoms with E-state index < -0.39 is 0 Å². The third-order valence-electron chi connectivity index (χ3n) is 2.40. The molecule has 0 aliphatic heterocycles. The first-order valence-electron chi connectivity index (χ1n) is 5.36. The van der Waals surface area contributed by atoms with Crippen LogP contribution in [0.5, 0.6) is 0 Å². The Morgan fingerprint density at radius 1 is 1.33 bits per heavy atom. The van der Waals surface area contributed by atoms with Crippen LogP contribution in [-0.2, 0) is 0 Å². The number of nitrogens with zero attached hydrogens (tertiary/aromatic N) is 2. The first-order valence-corrected chi connectivity index (χ1v) is 6.15. The highest BCUT2D eigenvalue weighted by atomic mass is 79.9. The summed E-state index contributed by atoms with van der Waals surface area (Å²) in [6.45, 7) is 1.82. The molecule has 0 aliphatic carbocycles. The number of aryl methyl sites for hydroxylation is 1. The molecule has 0 bridgehead atoms. The number of benzene rings is 1. The van der Waals surface area contributed by atoms with Gasteiger partial charge in [0.1, 0.15) is 5.82 Å². The fourth-order valence-electron chi connectivity index (χ4n) is 1.54. The summed E-state index contributed by atoms with van der Waals surface area (Å²) < 4.78 is 2.08. The fourth-order valence-corrected chi connectivity index (χ4v) is 1.93. The molecule has 0 radical (unpaired) electrons. The molecule has 4 nitrogen and oxygen atoms in total. The SMILES string of the molecule is Cc1cc(N)n(/N=C\c2ccccc2Br)c(=O)c1. The quantitative estimate of drug-likeness (QED) is 0.866. The van der Waals surface area contributed by atoms with Crippen LogP contribution >= 0.6 is 15.9 Å². The van der Waals surface area contributed by atoms with Crippen LogP contribution in [0.2, 0.25) is 0 Å². The van der Waals surface area contributed by atoms with Gasteiger partial charge >= 0.3 is 0 Å². The van der Waals surface area contributed by atoms with Gasteiger partial charge in [0.15, 0.2) is 0 Å². The van der Waals surface area contributed by atoms with E-state index in [1.807, 2.05) is 31.2 Å². The van der Waals surface area contributed by atoms with Crippen molar-refractivity contribution >= 4 is 28.0 Å². The normalized spacial score (nSPS) is 11.0. The molecule has 92 valence electrons. The zero-order valence-electron chi connectivity index (χ0n) is 9.80. The summed E-state index contributed by atoms with van der Waals surface area (Å²) >= 11 is 3.41. The van der Waals surface area contributed by atoms with Crippen LogP contribution in [0.15, 0.2) is 50.8 Å². The molecule has 0 amide bonds. The minimum Gasteiger partial charge on any atom is -0.384 e. The molecule has 1 aromatic heterocycles. The van der Waals surface area contributed by atoms with Crippen LogP contribution in [0, 0.1) is 6.92 Å². The smallest absolute Gasteiger partial charge is 0.273 e. The molecule has 1 aromatic carbocycles. The Morgan fingerprint density at radius 3 is 2.72 bits per heavy atom. The van der Waals surface area contributed by atoms with Crippen LogP contribution in [-0.4, -0.2) is 10.9 Å². The summed E-state index contributed by atoms with van der Waals surface area (Å²) in [5.41, 5.74) is 7.22. The van der Waals surface area contributed by atoms with Crippen molar-refractivity contribution in [2.24, 2.45) is 5.10 Å². The van der Waals surface area contributed by atoms with Crippen molar-refractivity contribution in [1.82, 2.24) is 4.68 Å². The molecular weight excluding hydrogens is 294 g/mol. The minimum atomic E-state index is -0.240. The lowest BCUT2D eigenvalue weighted by atomic mass is 10.2. The predicted molar refractivity (Wildman–Crippen MR) is 77.0 cm³/mol. The van der Waals surface area contributed by atoms with E-state index >= 15 is 0 Å². The zero-order chi connectivity index (χ0) is 13.1. The van der Waals surface area contributed by atoms with E-state index in [4.69, 9.17) is 5.73 Å². The highest BCUT2D eigenvalue weighted by molar-refractivity contribution is 9.10. The number of rotatable bonds is 2. The molecule has 0 saturated carbocycles. The van der Waals surface area contributed by atoms with Gasteiger partial charge in [0, 0.05) is 16.1 Å². The number of hydrogen-bond acceptors (Lipinski definition) is 3. The van der Waals surface area contributed by atoms with Crippen molar-refractivity contribution in [3.63, 3.8) is 0 Å². The number of nitrogen functional groups attached to an aromatic ring is 1. The lowest BCUT2D eigenvalue weighted by molar-refractivity contribution is 0.843. The number of hydrogen-bond donors (Lipinski definition) is 1. The van der Waals surface area contributed by atoms with Crippen molar-refractivity contribution in [1.29, 1.82) is 0 Å². The van der Waals surface area contributed by atoms with Crippen molar-refractivity contribution in [2.75, 3.05) is 5.73 Å². The third kappa shape index (κ3) is 2.68. The molecule has 2 aromatic rings. The molecule has 0 saturated heterocycles. The van der Waals surface area contributed by atoms with E-state index in [1.165, 1.54) is 10.7 Å². The van der Waals surface area contributed by atoms with E-state index in [-0.39, 0.29) is 5.56 Å². The summed E-state index contributed by atoms with van der Waals surface area (Å²) in [6, 6.07) is 10.8. The molecular formula is C13H12BrN3O. The van der Waals surface area contributed by atoms with E-state index in [2.05, 4.69) is 21.0 Å². The monoisotopic (exact) mass is 305 g/mol. The zero-order valence-corrected chi connectivity index (χ0v) is 11.4. The molecule has 0 unspecified atom stereocenters. The average Bonchev–Trinajstić information content (AvgIpc) is 2.30. The van der Waals surface area contributed by atoms with Crippen LogP contribution in [0.25, 0.3) is 0 Å². The van der Waals surface area contributed by atoms with Crippen LogP contribution in [0.1, 0.15) is 11.1 Å². The highest BCUT2D eigenvalue weighted by Crippen LogP contribution is 2.13. The summed E-state index contributed by atoms with van der Waals surface area (Å²) in [7, 11) is 0. The lowest BCUT2D eigenvalue weighted by Gasteiger charge is -2.04. The number of nitrogens with two attached hydrogens (primary N) is 1. The molecule has 1 heterocycles. The van der Waals surface area contributed by atoms with Gasteiger partial charge in [-0.3, -0.25) is 4.79 Å². The van der Waals surface area contributed by atoms with E-state index in [0.29, 0.717) is 5.82 Å². The Kier molecular flexibility index (Phi) is 3.62. The van der Waals surface area contributed by atoms with Gasteiger partial charge in [0.2, 0.25) is 0 Å². The van der Waals surface area contributed by atoms with Gasteiger partial charge < -0.3 is 5.73 Å². The highest BCUT2D eigenvalue weighted by Gasteiger charge is 2.00. The van der Waals surface area contributed by atoms with Gasteiger partial charge in [-0.15, -0.1) is 0 Å². The molecule has 0 spiro atoms. The number of aromatic nitrogens is 1. The van der Waals surface area contributed by atoms with Crippen LogP contribution < -0.4 is 11.3 Å². The van der Waals surface area contributed by atoms with Gasteiger partial charge in [-0.25, -0.2) is 0 Å². The van der Waals surface area contributed by atoms with Crippen LogP contribution in [0.4, 0.5) is 5.82 Å². The van der Waals surface area contributed by atoms with E-state index in [0.717, 1.165) is 15.6 Å². The van der Waals surface area contributed by atoms with Gasteiger partial charge in [-0.1, -0.05) is 34.1 Å². The topological polar surface area (TPSA) is 60.4 Å². The molecule has 0 fully saturated rings. The second-order valence-corrected chi connectivity index (χ2v) is 4.73. The summed E-state index contributed by atoms with van der Waals surface area (Å²) in [4.78, 5) is 11.7.